The summed E-state index contributed by atoms with van der Waals surface area (Å²) in [4.78, 5) is 7.80. The highest BCUT2D eigenvalue weighted by Crippen LogP contribution is 2.33. The number of hydrogen-bond donors (Lipinski definition) is 1. The molecule has 1 aromatic carbocycles. The van der Waals surface area contributed by atoms with Gasteiger partial charge in [-0.05, 0) is 24.6 Å². The highest BCUT2D eigenvalue weighted by atomic mass is 32.1. The van der Waals surface area contributed by atoms with Crippen LogP contribution in [0.2, 0.25) is 0 Å². The lowest BCUT2D eigenvalue weighted by atomic mass is 10.1. The second-order valence-corrected chi connectivity index (χ2v) is 5.12. The highest BCUT2D eigenvalue weighted by Gasteiger charge is 2.08. The van der Waals surface area contributed by atoms with Gasteiger partial charge in [0.15, 0.2) is 5.13 Å². The van der Waals surface area contributed by atoms with E-state index in [1.807, 2.05) is 28.1 Å². The van der Waals surface area contributed by atoms with E-state index in [9.17, 15) is 0 Å². The molecule has 0 saturated heterocycles. The molecule has 1 heterocycles. The van der Waals surface area contributed by atoms with Crippen molar-refractivity contribution in [3.63, 3.8) is 0 Å². The number of anilines is 2. The van der Waals surface area contributed by atoms with E-state index in [-0.39, 0.29) is 0 Å². The number of nitrogens with one attached hydrogen (secondary N) is 1. The third kappa shape index (κ3) is 2.42. The minimum atomic E-state index is 0.967. The lowest BCUT2D eigenvalue weighted by molar-refractivity contribution is 1.13. The van der Waals surface area contributed by atoms with Gasteiger partial charge in [-0.25, -0.2) is 4.98 Å². The molecule has 0 bridgehead atoms. The van der Waals surface area contributed by atoms with Gasteiger partial charge in [0, 0.05) is 26.8 Å². The predicted molar refractivity (Wildman–Crippen MR) is 76.2 cm³/mol. The molecule has 0 saturated carbocycles. The summed E-state index contributed by atoms with van der Waals surface area (Å²) >= 11 is 1.69. The Bertz CT molecular complexity index is 500. The smallest absolute Gasteiger partial charge is 0.183 e. The molecular formula is C13H17N3S. The number of rotatable bonds is 3. The quantitative estimate of drug-likeness (QED) is 0.902. The summed E-state index contributed by atoms with van der Waals surface area (Å²) in [5.74, 6) is 0. The number of hydrogen-bond acceptors (Lipinski definition) is 4. The molecular weight excluding hydrogens is 230 g/mol. The molecule has 0 amide bonds. The maximum atomic E-state index is 4.46. The Labute approximate surface area is 106 Å². The van der Waals surface area contributed by atoms with Gasteiger partial charge < -0.3 is 10.2 Å². The SMILES string of the molecule is CNc1nc(C)c(-c2ccc(N(C)C)cc2)s1. The summed E-state index contributed by atoms with van der Waals surface area (Å²) < 4.78 is 0. The van der Waals surface area contributed by atoms with Gasteiger partial charge in [0.2, 0.25) is 0 Å². The molecule has 0 fully saturated rings. The fourth-order valence-corrected chi connectivity index (χ4v) is 2.61. The van der Waals surface area contributed by atoms with Crippen LogP contribution in [0, 0.1) is 6.92 Å². The van der Waals surface area contributed by atoms with E-state index in [1.165, 1.54) is 16.1 Å². The van der Waals surface area contributed by atoms with E-state index in [1.54, 1.807) is 11.3 Å². The summed E-state index contributed by atoms with van der Waals surface area (Å²) in [5, 5.41) is 4.05. The van der Waals surface area contributed by atoms with Gasteiger partial charge in [-0.15, -0.1) is 0 Å². The Morgan fingerprint density at radius 2 is 1.82 bits per heavy atom. The zero-order valence-electron chi connectivity index (χ0n) is 10.6. The van der Waals surface area contributed by atoms with Crippen LogP contribution < -0.4 is 10.2 Å². The summed E-state index contributed by atoms with van der Waals surface area (Å²) in [6, 6.07) is 8.56. The van der Waals surface area contributed by atoms with Crippen LogP contribution in [-0.4, -0.2) is 26.1 Å². The van der Waals surface area contributed by atoms with Crippen LogP contribution in [0.4, 0.5) is 10.8 Å². The molecule has 2 aromatic rings. The molecule has 17 heavy (non-hydrogen) atoms. The summed E-state index contributed by atoms with van der Waals surface area (Å²) in [6.45, 7) is 2.05. The third-order valence-electron chi connectivity index (χ3n) is 2.66. The number of aryl methyl sites for hydroxylation is 1. The summed E-state index contributed by atoms with van der Waals surface area (Å²) in [5.41, 5.74) is 3.52. The van der Waals surface area contributed by atoms with Crippen molar-refractivity contribution in [2.24, 2.45) is 0 Å². The first-order chi connectivity index (χ1) is 8.11. The second kappa shape index (κ2) is 4.75. The number of thiazole rings is 1. The van der Waals surface area contributed by atoms with Gasteiger partial charge in [0.1, 0.15) is 0 Å². The lowest BCUT2D eigenvalue weighted by Crippen LogP contribution is -2.07. The van der Waals surface area contributed by atoms with Crippen LogP contribution >= 0.6 is 11.3 Å². The molecule has 0 spiro atoms. The van der Waals surface area contributed by atoms with Crippen molar-refractivity contribution in [2.75, 3.05) is 31.4 Å². The standard InChI is InChI=1S/C13H17N3S/c1-9-12(17-13(14-2)15-9)10-5-7-11(8-6-10)16(3)4/h5-8H,1-4H3,(H,14,15). The van der Waals surface area contributed by atoms with Crippen LogP contribution in [0.1, 0.15) is 5.69 Å². The van der Waals surface area contributed by atoms with Crippen LogP contribution in [0.25, 0.3) is 10.4 Å². The number of nitrogens with zero attached hydrogens (tertiary/aromatic N) is 2. The molecule has 1 aromatic heterocycles. The Morgan fingerprint density at radius 1 is 1.18 bits per heavy atom. The normalized spacial score (nSPS) is 10.4. The fraction of sp³-hybridized carbons (Fsp3) is 0.308. The molecule has 0 radical (unpaired) electrons. The molecule has 0 atom stereocenters. The Morgan fingerprint density at radius 3 is 2.29 bits per heavy atom. The lowest BCUT2D eigenvalue weighted by Gasteiger charge is -2.12. The first kappa shape index (κ1) is 11.9. The highest BCUT2D eigenvalue weighted by molar-refractivity contribution is 7.19. The van der Waals surface area contributed by atoms with Crippen molar-refractivity contribution in [1.82, 2.24) is 4.98 Å². The average molecular weight is 247 g/mol. The first-order valence-corrected chi connectivity index (χ1v) is 6.36. The summed E-state index contributed by atoms with van der Waals surface area (Å²) in [7, 11) is 6.00. The van der Waals surface area contributed by atoms with Crippen LogP contribution in [0.5, 0.6) is 0 Å². The Kier molecular flexibility index (Phi) is 3.33. The van der Waals surface area contributed by atoms with Crippen molar-refractivity contribution in [1.29, 1.82) is 0 Å². The van der Waals surface area contributed by atoms with E-state index >= 15 is 0 Å². The zero-order valence-corrected chi connectivity index (χ0v) is 11.4. The average Bonchev–Trinajstić information content (AvgIpc) is 2.71. The molecule has 90 valence electrons. The first-order valence-electron chi connectivity index (χ1n) is 5.54. The minimum Gasteiger partial charge on any atom is -0.378 e. The van der Waals surface area contributed by atoms with Crippen LogP contribution in [-0.2, 0) is 0 Å². The molecule has 0 aliphatic heterocycles. The van der Waals surface area contributed by atoms with Crippen molar-refractivity contribution in [3.05, 3.63) is 30.0 Å². The van der Waals surface area contributed by atoms with Gasteiger partial charge in [0.25, 0.3) is 0 Å². The zero-order chi connectivity index (χ0) is 12.4. The van der Waals surface area contributed by atoms with Crippen molar-refractivity contribution in [2.45, 2.75) is 6.92 Å². The van der Waals surface area contributed by atoms with Gasteiger partial charge >= 0.3 is 0 Å². The maximum Gasteiger partial charge on any atom is 0.183 e. The maximum absolute atomic E-state index is 4.46. The van der Waals surface area contributed by atoms with Gasteiger partial charge in [-0.1, -0.05) is 23.5 Å². The van der Waals surface area contributed by atoms with Gasteiger partial charge in [-0.3, -0.25) is 0 Å². The summed E-state index contributed by atoms with van der Waals surface area (Å²) in [6.07, 6.45) is 0. The largest absolute Gasteiger partial charge is 0.378 e. The predicted octanol–water partition coefficient (Wildman–Crippen LogP) is 3.23. The van der Waals surface area contributed by atoms with Crippen molar-refractivity contribution in [3.8, 4) is 10.4 Å². The molecule has 1 N–H and O–H groups in total. The monoisotopic (exact) mass is 247 g/mol. The third-order valence-corrected chi connectivity index (χ3v) is 3.88. The fourth-order valence-electron chi connectivity index (χ4n) is 1.68. The van der Waals surface area contributed by atoms with E-state index in [4.69, 9.17) is 0 Å². The van der Waals surface area contributed by atoms with Crippen molar-refractivity contribution >= 4 is 22.2 Å². The molecule has 0 unspecified atom stereocenters. The van der Waals surface area contributed by atoms with Crippen LogP contribution in [0.15, 0.2) is 24.3 Å². The van der Waals surface area contributed by atoms with Crippen molar-refractivity contribution < 1.29 is 0 Å². The Hall–Kier alpha value is -1.55. The molecule has 0 aliphatic carbocycles. The Balaban J connectivity index is 2.36. The topological polar surface area (TPSA) is 28.2 Å². The van der Waals surface area contributed by atoms with E-state index in [2.05, 4.69) is 39.5 Å². The van der Waals surface area contributed by atoms with Gasteiger partial charge in [0.05, 0.1) is 10.6 Å². The van der Waals surface area contributed by atoms with E-state index in [0.29, 0.717) is 0 Å². The van der Waals surface area contributed by atoms with E-state index in [0.717, 1.165) is 10.8 Å². The number of aromatic nitrogens is 1. The molecule has 0 aliphatic rings. The van der Waals surface area contributed by atoms with Gasteiger partial charge in [-0.2, -0.15) is 0 Å². The number of benzene rings is 1. The molecule has 4 heteroatoms. The molecule has 2 rings (SSSR count). The minimum absolute atomic E-state index is 0.967. The van der Waals surface area contributed by atoms with Crippen LogP contribution in [0.3, 0.4) is 0 Å². The van der Waals surface area contributed by atoms with E-state index < -0.39 is 0 Å². The second-order valence-electron chi connectivity index (χ2n) is 4.12. The molecule has 3 nitrogen and oxygen atoms in total.